The highest BCUT2D eigenvalue weighted by Gasteiger charge is 2.64. The molecule has 1 aliphatic rings. The van der Waals surface area contributed by atoms with E-state index >= 15 is 0 Å². The van der Waals surface area contributed by atoms with Gasteiger partial charge in [0.2, 0.25) is 5.54 Å². The second-order valence-electron chi connectivity index (χ2n) is 4.64. The van der Waals surface area contributed by atoms with Crippen LogP contribution < -0.4 is 11.1 Å². The van der Waals surface area contributed by atoms with E-state index in [4.69, 9.17) is 5.73 Å². The summed E-state index contributed by atoms with van der Waals surface area (Å²) in [6.07, 6.45) is -4.86. The number of halogens is 3. The van der Waals surface area contributed by atoms with E-state index in [0.29, 0.717) is 23.1 Å². The highest BCUT2D eigenvalue weighted by molar-refractivity contribution is 6.07. The number of carbonyl (C=O) groups is 2. The zero-order valence-electron chi connectivity index (χ0n) is 10.5. The number of rotatable bonds is 2. The van der Waals surface area contributed by atoms with Crippen molar-refractivity contribution < 1.29 is 22.8 Å². The lowest BCUT2D eigenvalue weighted by Crippen LogP contribution is -2.56. The lowest BCUT2D eigenvalue weighted by atomic mass is 10.0. The highest BCUT2D eigenvalue weighted by Crippen LogP contribution is 2.35. The fraction of sp³-hybridized carbons (Fsp3) is 0.333. The van der Waals surface area contributed by atoms with Crippen LogP contribution in [0.4, 0.5) is 23.7 Å². The summed E-state index contributed by atoms with van der Waals surface area (Å²) in [5.41, 5.74) is 3.46. The first-order valence-corrected chi connectivity index (χ1v) is 5.71. The molecule has 1 unspecified atom stereocenters. The Hall–Kier alpha value is -2.25. The topological polar surface area (TPSA) is 75.4 Å². The van der Waals surface area contributed by atoms with Crippen LogP contribution in [0.25, 0.3) is 0 Å². The number of imide groups is 1. The lowest BCUT2D eigenvalue weighted by molar-refractivity contribution is -0.191. The molecule has 1 fully saturated rings. The van der Waals surface area contributed by atoms with E-state index in [0.717, 1.165) is 0 Å². The molecule has 3 N–H and O–H groups in total. The monoisotopic (exact) mass is 287 g/mol. The second-order valence-corrected chi connectivity index (χ2v) is 4.64. The minimum Gasteiger partial charge on any atom is -0.398 e. The van der Waals surface area contributed by atoms with Gasteiger partial charge < -0.3 is 11.1 Å². The highest BCUT2D eigenvalue weighted by atomic mass is 19.4. The molecule has 0 radical (unpaired) electrons. The van der Waals surface area contributed by atoms with Gasteiger partial charge in [-0.2, -0.15) is 13.2 Å². The normalized spacial score (nSPS) is 23.1. The van der Waals surface area contributed by atoms with Crippen molar-refractivity contribution >= 4 is 17.6 Å². The van der Waals surface area contributed by atoms with E-state index in [1.807, 2.05) is 0 Å². The van der Waals surface area contributed by atoms with E-state index in [9.17, 15) is 22.8 Å². The second kappa shape index (κ2) is 4.39. The summed E-state index contributed by atoms with van der Waals surface area (Å²) >= 11 is 0. The molecule has 0 aliphatic carbocycles. The Morgan fingerprint density at radius 3 is 2.40 bits per heavy atom. The number of hydrogen-bond acceptors (Lipinski definition) is 3. The van der Waals surface area contributed by atoms with Gasteiger partial charge in [-0.25, -0.2) is 4.79 Å². The number of nitrogens with zero attached hydrogens (tertiary/aromatic N) is 1. The number of nitrogens with two attached hydrogens (primary N) is 1. The van der Waals surface area contributed by atoms with Gasteiger partial charge in [-0.15, -0.1) is 0 Å². The lowest BCUT2D eigenvalue weighted by Gasteiger charge is -2.24. The summed E-state index contributed by atoms with van der Waals surface area (Å²) in [5.74, 6) is -1.33. The van der Waals surface area contributed by atoms with Crippen LogP contribution in [0.1, 0.15) is 12.5 Å². The fourth-order valence-electron chi connectivity index (χ4n) is 1.88. The number of para-hydroxylation sites is 1. The van der Waals surface area contributed by atoms with E-state index < -0.39 is 23.7 Å². The quantitative estimate of drug-likeness (QED) is 0.641. The Balaban J connectivity index is 2.29. The molecule has 1 atom stereocenters. The molecule has 0 spiro atoms. The molecule has 1 aromatic rings. The van der Waals surface area contributed by atoms with Crippen LogP contribution in [0, 0.1) is 0 Å². The van der Waals surface area contributed by atoms with Gasteiger partial charge in [0, 0.05) is 5.69 Å². The first-order chi connectivity index (χ1) is 9.17. The molecule has 0 bridgehead atoms. The van der Waals surface area contributed by atoms with Crippen LogP contribution in [0.3, 0.4) is 0 Å². The Morgan fingerprint density at radius 1 is 1.30 bits per heavy atom. The molecule has 3 amide bonds. The standard InChI is InChI=1S/C12H12F3N3O2/c1-11(12(13,14)15)9(19)18(10(20)17-11)6-7-4-2-3-5-8(7)16/h2-5H,6,16H2,1H3,(H,17,20). The van der Waals surface area contributed by atoms with Gasteiger partial charge in [0.05, 0.1) is 6.54 Å². The maximum absolute atomic E-state index is 12.9. The number of carbonyl (C=O) groups excluding carboxylic acids is 2. The number of anilines is 1. The largest absolute Gasteiger partial charge is 0.420 e. The minimum atomic E-state index is -4.86. The average molecular weight is 287 g/mol. The molecule has 1 saturated heterocycles. The van der Waals surface area contributed by atoms with Crippen molar-refractivity contribution in [3.05, 3.63) is 29.8 Å². The molecule has 8 heteroatoms. The Kier molecular flexibility index (Phi) is 3.11. The number of nitrogens with one attached hydrogen (secondary N) is 1. The predicted molar refractivity (Wildman–Crippen MR) is 64.4 cm³/mol. The van der Waals surface area contributed by atoms with E-state index in [2.05, 4.69) is 0 Å². The van der Waals surface area contributed by atoms with Crippen molar-refractivity contribution in [3.63, 3.8) is 0 Å². The third-order valence-corrected chi connectivity index (χ3v) is 3.23. The van der Waals surface area contributed by atoms with Gasteiger partial charge in [-0.3, -0.25) is 9.69 Å². The molecule has 5 nitrogen and oxygen atoms in total. The van der Waals surface area contributed by atoms with E-state index in [1.165, 1.54) is 6.07 Å². The molecule has 1 heterocycles. The maximum atomic E-state index is 12.9. The Morgan fingerprint density at radius 2 is 1.90 bits per heavy atom. The maximum Gasteiger partial charge on any atom is 0.420 e. The predicted octanol–water partition coefficient (Wildman–Crippen LogP) is 1.64. The van der Waals surface area contributed by atoms with Gasteiger partial charge in [0.15, 0.2) is 0 Å². The summed E-state index contributed by atoms with van der Waals surface area (Å²) in [6.45, 7) is 0.338. The summed E-state index contributed by atoms with van der Waals surface area (Å²) in [7, 11) is 0. The zero-order chi connectivity index (χ0) is 15.1. The Labute approximate surface area is 112 Å². The van der Waals surface area contributed by atoms with Crippen LogP contribution in [0.2, 0.25) is 0 Å². The molecule has 1 aromatic carbocycles. The van der Waals surface area contributed by atoms with Gasteiger partial charge >= 0.3 is 12.2 Å². The molecule has 0 aromatic heterocycles. The van der Waals surface area contributed by atoms with Crippen molar-refractivity contribution in [1.82, 2.24) is 10.2 Å². The van der Waals surface area contributed by atoms with Crippen molar-refractivity contribution in [2.75, 3.05) is 5.73 Å². The number of urea groups is 1. The number of hydrogen-bond donors (Lipinski definition) is 2. The molecular formula is C12H12F3N3O2. The van der Waals surface area contributed by atoms with Crippen molar-refractivity contribution in [3.8, 4) is 0 Å². The fourth-order valence-corrected chi connectivity index (χ4v) is 1.88. The van der Waals surface area contributed by atoms with Crippen LogP contribution in [-0.2, 0) is 11.3 Å². The smallest absolute Gasteiger partial charge is 0.398 e. The summed E-state index contributed by atoms with van der Waals surface area (Å²) in [4.78, 5) is 24.0. The van der Waals surface area contributed by atoms with Gasteiger partial charge in [0.25, 0.3) is 5.91 Å². The van der Waals surface area contributed by atoms with Crippen molar-refractivity contribution in [2.24, 2.45) is 0 Å². The van der Waals surface area contributed by atoms with Crippen LogP contribution >= 0.6 is 0 Å². The SMILES string of the molecule is CC1(C(F)(F)F)NC(=O)N(Cc2ccccc2N)C1=O. The third kappa shape index (κ3) is 2.06. The van der Waals surface area contributed by atoms with Crippen molar-refractivity contribution in [1.29, 1.82) is 0 Å². The van der Waals surface area contributed by atoms with Crippen LogP contribution in [0.15, 0.2) is 24.3 Å². The number of benzene rings is 1. The molecule has 108 valence electrons. The van der Waals surface area contributed by atoms with Crippen LogP contribution in [0.5, 0.6) is 0 Å². The molecule has 20 heavy (non-hydrogen) atoms. The van der Waals surface area contributed by atoms with Gasteiger partial charge in [-0.1, -0.05) is 18.2 Å². The first-order valence-electron chi connectivity index (χ1n) is 5.71. The van der Waals surface area contributed by atoms with Gasteiger partial charge in [0.1, 0.15) is 0 Å². The molecule has 2 rings (SSSR count). The van der Waals surface area contributed by atoms with E-state index in [1.54, 1.807) is 23.5 Å². The summed E-state index contributed by atoms with van der Waals surface area (Å²) in [5, 5.41) is 1.68. The number of amides is 3. The Bertz CT molecular complexity index is 573. The molecule has 0 saturated carbocycles. The number of alkyl halides is 3. The van der Waals surface area contributed by atoms with E-state index in [-0.39, 0.29) is 6.54 Å². The van der Waals surface area contributed by atoms with Crippen LogP contribution in [-0.4, -0.2) is 28.6 Å². The van der Waals surface area contributed by atoms with Gasteiger partial charge in [-0.05, 0) is 18.6 Å². The zero-order valence-corrected chi connectivity index (χ0v) is 10.5. The summed E-state index contributed by atoms with van der Waals surface area (Å²) < 4.78 is 38.6. The average Bonchev–Trinajstić information content (AvgIpc) is 2.56. The minimum absolute atomic E-state index is 0.300. The number of nitrogen functional groups attached to an aromatic ring is 1. The molecule has 1 aliphatic heterocycles. The molecular weight excluding hydrogens is 275 g/mol. The summed E-state index contributed by atoms with van der Waals surface area (Å²) in [6, 6.07) is 5.26. The van der Waals surface area contributed by atoms with Crippen molar-refractivity contribution in [2.45, 2.75) is 25.2 Å². The third-order valence-electron chi connectivity index (χ3n) is 3.23. The first kappa shape index (κ1) is 14.2.